The number of hydrogen-bond donors (Lipinski definition) is 1. The second-order valence-electron chi connectivity index (χ2n) is 6.99. The fourth-order valence-electron chi connectivity index (χ4n) is 3.35. The van der Waals surface area contributed by atoms with Crippen molar-refractivity contribution in [3.05, 3.63) is 85.6 Å². The maximum absolute atomic E-state index is 13.4. The van der Waals surface area contributed by atoms with Gasteiger partial charge in [-0.25, -0.2) is 9.37 Å². The molecule has 4 rings (SSSR count). The van der Waals surface area contributed by atoms with Gasteiger partial charge >= 0.3 is 5.91 Å². The van der Waals surface area contributed by atoms with Gasteiger partial charge in [0.1, 0.15) is 11.6 Å². The number of Topliss-reactive ketones (excluding diaryl/α,β-unsaturated/α-hetero) is 1. The van der Waals surface area contributed by atoms with Crippen LogP contribution in [0.5, 0.6) is 0 Å². The molecule has 158 valence electrons. The standard InChI is InChI=1S/C22H15Cl2FN2O3S/c1-10-11(2)31-22(26-10)27-18(13-5-8-15(23)16(24)9-13)17(20(29)21(27)30)19(28)12-3-6-14(25)7-4-12/h3-9,18,28H,1-2H3. The van der Waals surface area contributed by atoms with E-state index in [0.717, 1.165) is 22.7 Å². The molecule has 5 nitrogen and oxygen atoms in total. The Bertz CT molecular complexity index is 1230. The number of carbonyl (C=O) groups is 2. The number of aliphatic hydroxyl groups is 1. The largest absolute Gasteiger partial charge is 0.507 e. The summed E-state index contributed by atoms with van der Waals surface area (Å²) in [7, 11) is 0. The highest BCUT2D eigenvalue weighted by Crippen LogP contribution is 2.44. The van der Waals surface area contributed by atoms with Crippen molar-refractivity contribution in [2.45, 2.75) is 19.9 Å². The smallest absolute Gasteiger partial charge is 0.301 e. The first-order valence-electron chi connectivity index (χ1n) is 9.15. The highest BCUT2D eigenvalue weighted by atomic mass is 35.5. The topological polar surface area (TPSA) is 70.5 Å². The van der Waals surface area contributed by atoms with Crippen molar-refractivity contribution in [2.24, 2.45) is 0 Å². The molecule has 9 heteroatoms. The molecule has 1 saturated heterocycles. The molecule has 31 heavy (non-hydrogen) atoms. The van der Waals surface area contributed by atoms with E-state index in [2.05, 4.69) is 4.98 Å². The summed E-state index contributed by atoms with van der Waals surface area (Å²) in [4.78, 5) is 32.6. The minimum absolute atomic E-state index is 0.138. The number of amides is 1. The number of thiazole rings is 1. The van der Waals surface area contributed by atoms with Gasteiger partial charge in [0.25, 0.3) is 5.78 Å². The molecule has 1 aliphatic heterocycles. The van der Waals surface area contributed by atoms with E-state index in [4.69, 9.17) is 23.2 Å². The minimum Gasteiger partial charge on any atom is -0.507 e. The number of ketones is 1. The molecule has 1 fully saturated rings. The van der Waals surface area contributed by atoms with Crippen LogP contribution in [0.4, 0.5) is 9.52 Å². The first-order valence-corrected chi connectivity index (χ1v) is 10.7. The Morgan fingerprint density at radius 3 is 2.35 bits per heavy atom. The average Bonchev–Trinajstić information content (AvgIpc) is 3.20. The lowest BCUT2D eigenvalue weighted by Gasteiger charge is -2.23. The normalized spacial score (nSPS) is 18.1. The quantitative estimate of drug-likeness (QED) is 0.293. The molecule has 1 aliphatic rings. The molecule has 0 radical (unpaired) electrons. The average molecular weight is 477 g/mol. The third kappa shape index (κ3) is 3.73. The van der Waals surface area contributed by atoms with Crippen LogP contribution in [-0.2, 0) is 9.59 Å². The van der Waals surface area contributed by atoms with Crippen LogP contribution in [0.15, 0.2) is 48.0 Å². The van der Waals surface area contributed by atoms with Crippen molar-refractivity contribution < 1.29 is 19.1 Å². The number of carbonyl (C=O) groups excluding carboxylic acids is 2. The summed E-state index contributed by atoms with van der Waals surface area (Å²) in [6, 6.07) is 8.73. The van der Waals surface area contributed by atoms with E-state index in [9.17, 15) is 19.1 Å². The van der Waals surface area contributed by atoms with Gasteiger partial charge in [0.15, 0.2) is 5.13 Å². The zero-order chi connectivity index (χ0) is 22.4. The number of nitrogens with zero attached hydrogens (tertiary/aromatic N) is 2. The number of aliphatic hydroxyl groups excluding tert-OH is 1. The predicted octanol–water partition coefficient (Wildman–Crippen LogP) is 5.83. The van der Waals surface area contributed by atoms with Crippen molar-refractivity contribution >= 4 is 57.1 Å². The molecule has 1 amide bonds. The fraction of sp³-hybridized carbons (Fsp3) is 0.136. The lowest BCUT2D eigenvalue weighted by atomic mass is 9.95. The van der Waals surface area contributed by atoms with Crippen molar-refractivity contribution in [3.63, 3.8) is 0 Å². The van der Waals surface area contributed by atoms with E-state index in [-0.39, 0.29) is 16.2 Å². The van der Waals surface area contributed by atoms with E-state index in [0.29, 0.717) is 15.7 Å². The molecule has 0 bridgehead atoms. The lowest BCUT2D eigenvalue weighted by Crippen LogP contribution is -2.29. The van der Waals surface area contributed by atoms with Gasteiger partial charge < -0.3 is 5.11 Å². The molecule has 2 heterocycles. The number of aryl methyl sites for hydroxylation is 2. The lowest BCUT2D eigenvalue weighted by molar-refractivity contribution is -0.132. The molecule has 3 aromatic rings. The Labute approximate surface area is 191 Å². The first-order chi connectivity index (χ1) is 14.7. The summed E-state index contributed by atoms with van der Waals surface area (Å²) in [5.74, 6) is -2.61. The van der Waals surface area contributed by atoms with Gasteiger partial charge in [-0.05, 0) is 55.8 Å². The Hall–Kier alpha value is -2.74. The molecule has 1 N–H and O–H groups in total. The van der Waals surface area contributed by atoms with Crippen LogP contribution in [-0.4, -0.2) is 21.8 Å². The first kappa shape index (κ1) is 21.5. The van der Waals surface area contributed by atoms with Crippen molar-refractivity contribution in [3.8, 4) is 0 Å². The fourth-order valence-corrected chi connectivity index (χ4v) is 4.59. The van der Waals surface area contributed by atoms with Crippen LogP contribution in [0.25, 0.3) is 5.76 Å². The molecule has 2 aromatic carbocycles. The SMILES string of the molecule is Cc1nc(N2C(=O)C(=O)C(=C(O)c3ccc(F)cc3)C2c2ccc(Cl)c(Cl)c2)sc1C. The highest BCUT2D eigenvalue weighted by Gasteiger charge is 2.48. The van der Waals surface area contributed by atoms with E-state index < -0.39 is 29.3 Å². The number of rotatable bonds is 3. The zero-order valence-corrected chi connectivity index (χ0v) is 18.6. The summed E-state index contributed by atoms with van der Waals surface area (Å²) in [6.45, 7) is 3.67. The second-order valence-corrected chi connectivity index (χ2v) is 8.98. The van der Waals surface area contributed by atoms with Gasteiger partial charge in [0.05, 0.1) is 27.4 Å². The van der Waals surface area contributed by atoms with Crippen LogP contribution in [0.3, 0.4) is 0 Å². The van der Waals surface area contributed by atoms with E-state index in [1.165, 1.54) is 28.4 Å². The summed E-state index contributed by atoms with van der Waals surface area (Å²) >= 11 is 13.5. The molecule has 0 aliphatic carbocycles. The van der Waals surface area contributed by atoms with Gasteiger partial charge in [-0.1, -0.05) is 29.3 Å². The minimum atomic E-state index is -0.982. The number of anilines is 1. The third-order valence-electron chi connectivity index (χ3n) is 5.04. The molecular formula is C22H15Cl2FN2O3S. The molecule has 1 unspecified atom stereocenters. The Morgan fingerprint density at radius 1 is 1.10 bits per heavy atom. The van der Waals surface area contributed by atoms with Crippen molar-refractivity contribution in [1.82, 2.24) is 4.98 Å². The zero-order valence-electron chi connectivity index (χ0n) is 16.3. The van der Waals surface area contributed by atoms with Crippen LogP contribution >= 0.6 is 34.5 Å². The maximum Gasteiger partial charge on any atom is 0.301 e. The summed E-state index contributed by atoms with van der Waals surface area (Å²) in [5, 5.41) is 11.8. The molecule has 0 saturated carbocycles. The number of aromatic nitrogens is 1. The second kappa shape index (κ2) is 8.07. The van der Waals surface area contributed by atoms with E-state index in [1.54, 1.807) is 25.1 Å². The van der Waals surface area contributed by atoms with Crippen LogP contribution in [0.1, 0.15) is 27.7 Å². The molecule has 1 atom stereocenters. The summed E-state index contributed by atoms with van der Waals surface area (Å²) in [6.07, 6.45) is 0. The molecular weight excluding hydrogens is 462 g/mol. The highest BCUT2D eigenvalue weighted by molar-refractivity contribution is 7.16. The van der Waals surface area contributed by atoms with E-state index in [1.807, 2.05) is 6.92 Å². The van der Waals surface area contributed by atoms with Gasteiger partial charge in [-0.2, -0.15) is 0 Å². The number of hydrogen-bond acceptors (Lipinski definition) is 5. The van der Waals surface area contributed by atoms with Crippen LogP contribution < -0.4 is 4.90 Å². The van der Waals surface area contributed by atoms with Gasteiger partial charge in [0, 0.05) is 10.4 Å². The monoisotopic (exact) mass is 476 g/mol. The molecule has 0 spiro atoms. The van der Waals surface area contributed by atoms with Crippen LogP contribution in [0, 0.1) is 19.7 Å². The van der Waals surface area contributed by atoms with Gasteiger partial charge in [-0.15, -0.1) is 11.3 Å². The van der Waals surface area contributed by atoms with Crippen molar-refractivity contribution in [1.29, 1.82) is 0 Å². The summed E-state index contributed by atoms with van der Waals surface area (Å²) in [5.41, 5.74) is 1.27. The Kier molecular flexibility index (Phi) is 5.60. The van der Waals surface area contributed by atoms with Crippen LogP contribution in [0.2, 0.25) is 10.0 Å². The third-order valence-corrected chi connectivity index (χ3v) is 6.86. The van der Waals surface area contributed by atoms with E-state index >= 15 is 0 Å². The Balaban J connectivity index is 1.97. The van der Waals surface area contributed by atoms with Crippen molar-refractivity contribution in [2.75, 3.05) is 4.90 Å². The van der Waals surface area contributed by atoms with Gasteiger partial charge in [-0.3, -0.25) is 14.5 Å². The number of benzene rings is 2. The predicted molar refractivity (Wildman–Crippen MR) is 119 cm³/mol. The maximum atomic E-state index is 13.4. The Morgan fingerprint density at radius 2 is 1.77 bits per heavy atom. The number of halogens is 3. The van der Waals surface area contributed by atoms with Gasteiger partial charge in [0.2, 0.25) is 0 Å². The molecule has 1 aromatic heterocycles. The summed E-state index contributed by atoms with van der Waals surface area (Å²) < 4.78 is 13.4.